The van der Waals surface area contributed by atoms with Crippen LogP contribution in [0, 0.1) is 0 Å². The Morgan fingerprint density at radius 3 is 2.71 bits per heavy atom. The molecule has 3 heterocycles. The minimum atomic E-state index is -0.493. The minimum Gasteiger partial charge on any atom is -0.276 e. The quantitative estimate of drug-likeness (QED) is 0.488. The Labute approximate surface area is 139 Å². The van der Waals surface area contributed by atoms with E-state index in [1.165, 1.54) is 17.5 Å². The third-order valence-corrected chi connectivity index (χ3v) is 4.61. The van der Waals surface area contributed by atoms with Crippen LogP contribution < -0.4 is 10.9 Å². The number of H-pyrrole nitrogens is 1. The van der Waals surface area contributed by atoms with E-state index in [1.54, 1.807) is 18.3 Å². The Balaban J connectivity index is 1.47. The summed E-state index contributed by atoms with van der Waals surface area (Å²) in [7, 11) is 0. The molecule has 0 saturated carbocycles. The number of pyridine rings is 1. The standard InChI is InChI=1S/C16H11N5O2S/c22-15(11-5-10-7-18-19-12(10)8-17-11)20-21-16(23)14-6-9-3-1-2-4-13(9)24-14/h1-8H,(H,18,19)(H,20,22)(H,21,23). The predicted molar refractivity (Wildman–Crippen MR) is 90.6 cm³/mol. The lowest BCUT2D eigenvalue weighted by Crippen LogP contribution is -2.41. The summed E-state index contributed by atoms with van der Waals surface area (Å²) >= 11 is 1.36. The number of nitrogens with zero attached hydrogens (tertiary/aromatic N) is 2. The van der Waals surface area contributed by atoms with Crippen LogP contribution in [-0.4, -0.2) is 27.0 Å². The first-order chi connectivity index (χ1) is 11.7. The van der Waals surface area contributed by atoms with E-state index in [2.05, 4.69) is 26.0 Å². The predicted octanol–water partition coefficient (Wildman–Crippen LogP) is 2.25. The summed E-state index contributed by atoms with van der Waals surface area (Å²) in [5.41, 5.74) is 5.71. The molecule has 3 aromatic heterocycles. The second-order valence-electron chi connectivity index (χ2n) is 5.08. The van der Waals surface area contributed by atoms with Gasteiger partial charge in [-0.05, 0) is 23.6 Å². The Bertz CT molecular complexity index is 1020. The molecule has 0 aliphatic heterocycles. The third-order valence-electron chi connectivity index (χ3n) is 3.50. The number of amides is 2. The van der Waals surface area contributed by atoms with Crippen molar-refractivity contribution in [3.05, 3.63) is 59.4 Å². The van der Waals surface area contributed by atoms with Crippen molar-refractivity contribution in [2.45, 2.75) is 0 Å². The number of hydrogen-bond donors (Lipinski definition) is 3. The highest BCUT2D eigenvalue weighted by molar-refractivity contribution is 7.20. The van der Waals surface area contributed by atoms with Gasteiger partial charge in [0.25, 0.3) is 11.8 Å². The van der Waals surface area contributed by atoms with Crippen LogP contribution in [0.4, 0.5) is 0 Å². The summed E-state index contributed by atoms with van der Waals surface area (Å²) < 4.78 is 1.01. The molecule has 0 aliphatic rings. The van der Waals surface area contributed by atoms with Crippen molar-refractivity contribution in [1.82, 2.24) is 26.0 Å². The van der Waals surface area contributed by atoms with Crippen molar-refractivity contribution in [2.75, 3.05) is 0 Å². The number of fused-ring (bicyclic) bond motifs is 2. The second kappa shape index (κ2) is 5.74. The molecule has 0 bridgehead atoms. The van der Waals surface area contributed by atoms with Crippen LogP contribution in [0.5, 0.6) is 0 Å². The van der Waals surface area contributed by atoms with Gasteiger partial charge >= 0.3 is 0 Å². The lowest BCUT2D eigenvalue weighted by Gasteiger charge is -2.05. The molecule has 4 aromatic rings. The maximum absolute atomic E-state index is 12.2. The van der Waals surface area contributed by atoms with E-state index in [0.29, 0.717) is 4.88 Å². The summed E-state index contributed by atoms with van der Waals surface area (Å²) in [6, 6.07) is 11.1. The maximum Gasteiger partial charge on any atom is 0.288 e. The molecule has 0 radical (unpaired) electrons. The summed E-state index contributed by atoms with van der Waals surface area (Å²) in [4.78, 5) is 28.8. The van der Waals surface area contributed by atoms with Crippen molar-refractivity contribution in [2.24, 2.45) is 0 Å². The molecule has 0 saturated heterocycles. The van der Waals surface area contributed by atoms with Crippen LogP contribution in [0.25, 0.3) is 21.0 Å². The van der Waals surface area contributed by atoms with Crippen LogP contribution in [0.15, 0.2) is 48.8 Å². The molecule has 0 atom stereocenters. The Morgan fingerprint density at radius 1 is 1.00 bits per heavy atom. The number of aromatic amines is 1. The monoisotopic (exact) mass is 337 g/mol. The van der Waals surface area contributed by atoms with Crippen molar-refractivity contribution in [3.8, 4) is 0 Å². The van der Waals surface area contributed by atoms with E-state index < -0.39 is 5.91 Å². The fraction of sp³-hybridized carbons (Fsp3) is 0. The first kappa shape index (κ1) is 14.3. The zero-order chi connectivity index (χ0) is 16.5. The minimum absolute atomic E-state index is 0.195. The highest BCUT2D eigenvalue weighted by Gasteiger charge is 2.13. The van der Waals surface area contributed by atoms with Crippen molar-refractivity contribution in [1.29, 1.82) is 0 Å². The molecule has 4 rings (SSSR count). The topological polar surface area (TPSA) is 99.8 Å². The van der Waals surface area contributed by atoms with Gasteiger partial charge in [0, 0.05) is 10.1 Å². The van der Waals surface area contributed by atoms with Gasteiger partial charge in [-0.25, -0.2) is 4.98 Å². The fourth-order valence-electron chi connectivity index (χ4n) is 2.30. The van der Waals surface area contributed by atoms with Crippen LogP contribution in [-0.2, 0) is 0 Å². The molecule has 0 spiro atoms. The highest BCUT2D eigenvalue weighted by atomic mass is 32.1. The lowest BCUT2D eigenvalue weighted by atomic mass is 10.2. The number of thiophene rings is 1. The normalized spacial score (nSPS) is 10.8. The van der Waals surface area contributed by atoms with Gasteiger partial charge in [0.1, 0.15) is 5.69 Å². The summed E-state index contributed by atoms with van der Waals surface area (Å²) in [6.45, 7) is 0. The van der Waals surface area contributed by atoms with Crippen molar-refractivity contribution >= 4 is 44.1 Å². The van der Waals surface area contributed by atoms with Gasteiger partial charge in [-0.15, -0.1) is 11.3 Å². The highest BCUT2D eigenvalue weighted by Crippen LogP contribution is 2.24. The molecule has 7 nitrogen and oxygen atoms in total. The number of carbonyl (C=O) groups is 2. The van der Waals surface area contributed by atoms with Crippen molar-refractivity contribution in [3.63, 3.8) is 0 Å². The molecule has 2 amide bonds. The zero-order valence-corrected chi connectivity index (χ0v) is 13.1. The molecular weight excluding hydrogens is 326 g/mol. The molecule has 8 heteroatoms. The number of benzene rings is 1. The van der Waals surface area contributed by atoms with Crippen molar-refractivity contribution < 1.29 is 9.59 Å². The van der Waals surface area contributed by atoms with E-state index in [-0.39, 0.29) is 11.6 Å². The van der Waals surface area contributed by atoms with Gasteiger partial charge in [0.2, 0.25) is 0 Å². The maximum atomic E-state index is 12.2. The number of carbonyl (C=O) groups excluding carboxylic acids is 2. The third kappa shape index (κ3) is 2.59. The molecule has 118 valence electrons. The molecule has 0 fully saturated rings. The number of aromatic nitrogens is 3. The Morgan fingerprint density at radius 2 is 1.83 bits per heavy atom. The Kier molecular flexibility index (Phi) is 3.43. The van der Waals surface area contributed by atoms with E-state index in [0.717, 1.165) is 21.0 Å². The zero-order valence-electron chi connectivity index (χ0n) is 12.2. The molecule has 1 aromatic carbocycles. The Hall–Kier alpha value is -3.26. The molecular formula is C16H11N5O2S. The SMILES string of the molecule is O=C(NNC(=O)c1cc2ccccc2s1)c1cc2cn[nH]c2cn1. The lowest BCUT2D eigenvalue weighted by molar-refractivity contribution is 0.0846. The van der Waals surface area contributed by atoms with Gasteiger partial charge in [-0.3, -0.25) is 25.5 Å². The van der Waals surface area contributed by atoms with E-state index in [1.807, 2.05) is 24.3 Å². The van der Waals surface area contributed by atoms with Crippen LogP contribution in [0.3, 0.4) is 0 Å². The van der Waals surface area contributed by atoms with E-state index in [4.69, 9.17) is 0 Å². The number of nitrogens with one attached hydrogen (secondary N) is 3. The molecule has 0 aliphatic carbocycles. The smallest absolute Gasteiger partial charge is 0.276 e. The first-order valence-corrected chi connectivity index (χ1v) is 7.91. The number of hydrogen-bond acceptors (Lipinski definition) is 5. The van der Waals surface area contributed by atoms with Gasteiger partial charge in [-0.1, -0.05) is 18.2 Å². The summed E-state index contributed by atoms with van der Waals surface area (Å²) in [6.07, 6.45) is 3.12. The largest absolute Gasteiger partial charge is 0.288 e. The fourth-order valence-corrected chi connectivity index (χ4v) is 3.26. The molecule has 3 N–H and O–H groups in total. The van der Waals surface area contributed by atoms with E-state index in [9.17, 15) is 9.59 Å². The first-order valence-electron chi connectivity index (χ1n) is 7.09. The van der Waals surface area contributed by atoms with Gasteiger partial charge < -0.3 is 0 Å². The number of rotatable bonds is 2. The average Bonchev–Trinajstić information content (AvgIpc) is 3.24. The van der Waals surface area contributed by atoms with Crippen LogP contribution >= 0.6 is 11.3 Å². The summed E-state index contributed by atoms with van der Waals surface area (Å²) in [5.74, 6) is -0.860. The van der Waals surface area contributed by atoms with Gasteiger partial charge in [-0.2, -0.15) is 5.10 Å². The van der Waals surface area contributed by atoms with E-state index >= 15 is 0 Å². The summed E-state index contributed by atoms with van der Waals surface area (Å²) in [5, 5.41) is 8.39. The van der Waals surface area contributed by atoms with Gasteiger partial charge in [0.05, 0.1) is 22.8 Å². The van der Waals surface area contributed by atoms with Gasteiger partial charge in [0.15, 0.2) is 0 Å². The molecule has 0 unspecified atom stereocenters. The molecule has 24 heavy (non-hydrogen) atoms. The number of hydrazine groups is 1. The van der Waals surface area contributed by atoms with Crippen LogP contribution in [0.1, 0.15) is 20.2 Å². The van der Waals surface area contributed by atoms with Crippen LogP contribution in [0.2, 0.25) is 0 Å². The second-order valence-corrected chi connectivity index (χ2v) is 6.17. The average molecular weight is 337 g/mol.